The van der Waals surface area contributed by atoms with Gasteiger partial charge in [0.05, 0.1) is 15.2 Å². The molecular weight excluding hydrogens is 294 g/mol. The minimum Gasteiger partial charge on any atom is -0.302 e. The molecule has 0 fully saturated rings. The lowest BCUT2D eigenvalue weighted by Crippen LogP contribution is -2.06. The van der Waals surface area contributed by atoms with Gasteiger partial charge in [-0.3, -0.25) is 9.59 Å². The molecule has 20 heavy (non-hydrogen) atoms. The minimum atomic E-state index is -0.138. The molecule has 0 saturated carbocycles. The Labute approximate surface area is 124 Å². The average molecular weight is 304 g/mol. The summed E-state index contributed by atoms with van der Waals surface area (Å²) in [5.74, 6) is -0.138. The van der Waals surface area contributed by atoms with Gasteiger partial charge >= 0.3 is 4.87 Å². The summed E-state index contributed by atoms with van der Waals surface area (Å²) < 4.78 is 2.37. The second-order valence-electron chi connectivity index (χ2n) is 4.42. The Morgan fingerprint density at radius 2 is 1.95 bits per heavy atom. The zero-order valence-electron chi connectivity index (χ0n) is 10.6. The van der Waals surface area contributed by atoms with E-state index < -0.39 is 0 Å². The summed E-state index contributed by atoms with van der Waals surface area (Å²) in [6, 6.07) is 12.2. The number of ketones is 1. The molecule has 0 aliphatic rings. The number of aromatic nitrogens is 1. The first-order chi connectivity index (χ1) is 9.58. The number of hydrogen-bond acceptors (Lipinski definition) is 3. The summed E-state index contributed by atoms with van der Waals surface area (Å²) in [6.45, 7) is 0. The zero-order valence-corrected chi connectivity index (χ0v) is 12.2. The second kappa shape index (κ2) is 4.89. The number of carbonyl (C=O) groups is 1. The SMILES string of the molecule is Cn1c(=O)sc2cc(C(=O)c3ccccc3Cl)ccc21. The molecule has 0 aliphatic heterocycles. The first-order valence-corrected chi connectivity index (χ1v) is 7.16. The highest BCUT2D eigenvalue weighted by Gasteiger charge is 2.14. The quantitative estimate of drug-likeness (QED) is 0.680. The molecule has 5 heteroatoms. The molecule has 1 aromatic heterocycles. The third-order valence-corrected chi connectivity index (χ3v) is 4.50. The summed E-state index contributed by atoms with van der Waals surface area (Å²) in [5.41, 5.74) is 1.83. The number of aryl methyl sites for hydroxylation is 1. The maximum atomic E-state index is 12.4. The van der Waals surface area contributed by atoms with Crippen molar-refractivity contribution in [1.82, 2.24) is 4.57 Å². The van der Waals surface area contributed by atoms with E-state index >= 15 is 0 Å². The molecule has 0 bridgehead atoms. The topological polar surface area (TPSA) is 39.1 Å². The van der Waals surface area contributed by atoms with E-state index in [0.717, 1.165) is 21.6 Å². The highest BCUT2D eigenvalue weighted by molar-refractivity contribution is 7.16. The molecule has 0 radical (unpaired) electrons. The Bertz CT molecular complexity index is 879. The minimum absolute atomic E-state index is 0.0395. The van der Waals surface area contributed by atoms with Crippen LogP contribution < -0.4 is 4.87 Å². The van der Waals surface area contributed by atoms with Gasteiger partial charge in [-0.2, -0.15) is 0 Å². The summed E-state index contributed by atoms with van der Waals surface area (Å²) in [6.07, 6.45) is 0. The van der Waals surface area contributed by atoms with E-state index in [9.17, 15) is 9.59 Å². The number of thiazole rings is 1. The number of carbonyl (C=O) groups excluding carboxylic acids is 1. The van der Waals surface area contributed by atoms with Crippen LogP contribution in [0.15, 0.2) is 47.3 Å². The molecule has 0 saturated heterocycles. The van der Waals surface area contributed by atoms with Crippen LogP contribution in [0.1, 0.15) is 15.9 Å². The van der Waals surface area contributed by atoms with Crippen LogP contribution in [-0.2, 0) is 7.05 Å². The van der Waals surface area contributed by atoms with E-state index in [0.29, 0.717) is 16.1 Å². The van der Waals surface area contributed by atoms with E-state index in [1.807, 2.05) is 0 Å². The van der Waals surface area contributed by atoms with Gasteiger partial charge in [-0.15, -0.1) is 0 Å². The van der Waals surface area contributed by atoms with Gasteiger partial charge in [-0.25, -0.2) is 0 Å². The number of benzene rings is 2. The van der Waals surface area contributed by atoms with Gasteiger partial charge in [0.15, 0.2) is 5.78 Å². The first kappa shape index (κ1) is 13.1. The molecule has 100 valence electrons. The Morgan fingerprint density at radius 1 is 1.20 bits per heavy atom. The van der Waals surface area contributed by atoms with Crippen molar-refractivity contribution in [2.24, 2.45) is 7.05 Å². The summed E-state index contributed by atoms with van der Waals surface area (Å²) >= 11 is 7.18. The Hall–Kier alpha value is -1.91. The number of nitrogens with zero attached hydrogens (tertiary/aromatic N) is 1. The first-order valence-electron chi connectivity index (χ1n) is 5.97. The molecule has 0 spiro atoms. The van der Waals surface area contributed by atoms with Crippen LogP contribution >= 0.6 is 22.9 Å². The van der Waals surface area contributed by atoms with Crippen molar-refractivity contribution >= 4 is 38.9 Å². The van der Waals surface area contributed by atoms with E-state index in [4.69, 9.17) is 11.6 Å². The van der Waals surface area contributed by atoms with Gasteiger partial charge in [0, 0.05) is 18.2 Å². The fourth-order valence-corrected chi connectivity index (χ4v) is 3.22. The average Bonchev–Trinajstić information content (AvgIpc) is 2.73. The molecule has 3 rings (SSSR count). The molecular formula is C15H10ClNO2S. The van der Waals surface area contributed by atoms with Gasteiger partial charge in [0.2, 0.25) is 0 Å². The largest absolute Gasteiger partial charge is 0.307 e. The summed E-state index contributed by atoms with van der Waals surface area (Å²) in [7, 11) is 1.72. The van der Waals surface area contributed by atoms with Gasteiger partial charge in [0.25, 0.3) is 0 Å². The fourth-order valence-electron chi connectivity index (χ4n) is 2.08. The van der Waals surface area contributed by atoms with E-state index in [1.165, 1.54) is 0 Å². The Kier molecular flexibility index (Phi) is 3.20. The molecule has 0 amide bonds. The molecule has 3 nitrogen and oxygen atoms in total. The Balaban J connectivity index is 2.13. The third-order valence-electron chi connectivity index (χ3n) is 3.17. The smallest absolute Gasteiger partial charge is 0.302 e. The number of fused-ring (bicyclic) bond motifs is 1. The normalized spacial score (nSPS) is 10.9. The predicted octanol–water partition coefficient (Wildman–Crippen LogP) is 3.48. The number of hydrogen-bond donors (Lipinski definition) is 0. The molecule has 0 atom stereocenters. The van der Waals surface area contributed by atoms with Crippen molar-refractivity contribution in [1.29, 1.82) is 0 Å². The van der Waals surface area contributed by atoms with Gasteiger partial charge in [-0.1, -0.05) is 35.1 Å². The van der Waals surface area contributed by atoms with Crippen LogP contribution in [0.4, 0.5) is 0 Å². The highest BCUT2D eigenvalue weighted by Crippen LogP contribution is 2.23. The highest BCUT2D eigenvalue weighted by atomic mass is 35.5. The van der Waals surface area contributed by atoms with E-state index in [2.05, 4.69) is 0 Å². The van der Waals surface area contributed by atoms with E-state index in [1.54, 1.807) is 54.1 Å². The van der Waals surface area contributed by atoms with Crippen LogP contribution in [0.2, 0.25) is 5.02 Å². The lowest BCUT2D eigenvalue weighted by Gasteiger charge is -2.03. The second-order valence-corrected chi connectivity index (χ2v) is 5.82. The van der Waals surface area contributed by atoms with Crippen molar-refractivity contribution < 1.29 is 4.79 Å². The summed E-state index contributed by atoms with van der Waals surface area (Å²) in [4.78, 5) is 24.0. The molecule has 2 aromatic carbocycles. The lowest BCUT2D eigenvalue weighted by molar-refractivity contribution is 0.103. The maximum absolute atomic E-state index is 12.4. The molecule has 0 N–H and O–H groups in total. The van der Waals surface area contributed by atoms with Crippen LogP contribution in [0, 0.1) is 0 Å². The maximum Gasteiger partial charge on any atom is 0.307 e. The van der Waals surface area contributed by atoms with Crippen LogP contribution in [0.5, 0.6) is 0 Å². The Morgan fingerprint density at radius 3 is 2.70 bits per heavy atom. The predicted molar refractivity (Wildman–Crippen MR) is 82.0 cm³/mol. The monoisotopic (exact) mass is 303 g/mol. The van der Waals surface area contributed by atoms with Crippen molar-refractivity contribution in [3.8, 4) is 0 Å². The van der Waals surface area contributed by atoms with Gasteiger partial charge in [0.1, 0.15) is 0 Å². The van der Waals surface area contributed by atoms with Crippen LogP contribution in [-0.4, -0.2) is 10.4 Å². The van der Waals surface area contributed by atoms with Crippen LogP contribution in [0.3, 0.4) is 0 Å². The van der Waals surface area contributed by atoms with Crippen LogP contribution in [0.25, 0.3) is 10.2 Å². The molecule has 3 aromatic rings. The molecule has 0 aliphatic carbocycles. The van der Waals surface area contributed by atoms with Crippen molar-refractivity contribution in [2.45, 2.75) is 0 Å². The number of rotatable bonds is 2. The zero-order chi connectivity index (χ0) is 14.3. The van der Waals surface area contributed by atoms with E-state index in [-0.39, 0.29) is 10.7 Å². The van der Waals surface area contributed by atoms with Crippen molar-refractivity contribution in [3.05, 3.63) is 68.3 Å². The standard InChI is InChI=1S/C15H10ClNO2S/c1-17-12-7-6-9(8-13(12)20-15(17)19)14(18)10-4-2-3-5-11(10)16/h2-8H,1H3. The fraction of sp³-hybridized carbons (Fsp3) is 0.0667. The lowest BCUT2D eigenvalue weighted by atomic mass is 10.0. The summed E-state index contributed by atoms with van der Waals surface area (Å²) in [5, 5.41) is 0.429. The van der Waals surface area contributed by atoms with Crippen molar-refractivity contribution in [2.75, 3.05) is 0 Å². The van der Waals surface area contributed by atoms with Gasteiger partial charge < -0.3 is 4.57 Å². The number of halogens is 1. The molecule has 0 unspecified atom stereocenters. The van der Waals surface area contributed by atoms with Gasteiger partial charge in [-0.05, 0) is 30.3 Å². The van der Waals surface area contributed by atoms with Crippen molar-refractivity contribution in [3.63, 3.8) is 0 Å². The molecule has 1 heterocycles. The third kappa shape index (κ3) is 2.07.